The van der Waals surface area contributed by atoms with Gasteiger partial charge in [0, 0.05) is 10.2 Å². The molecular formula is C18H19BrN2OS. The summed E-state index contributed by atoms with van der Waals surface area (Å²) in [5.41, 5.74) is 6.81. The molecule has 0 fully saturated rings. The van der Waals surface area contributed by atoms with Gasteiger partial charge in [-0.1, -0.05) is 64.0 Å². The van der Waals surface area contributed by atoms with Gasteiger partial charge < -0.3 is 0 Å². The maximum absolute atomic E-state index is 11.9. The summed E-state index contributed by atoms with van der Waals surface area (Å²) in [6.07, 6.45) is 0. The van der Waals surface area contributed by atoms with Crippen LogP contribution in [0, 0.1) is 6.92 Å². The first-order chi connectivity index (χ1) is 11.1. The van der Waals surface area contributed by atoms with Gasteiger partial charge in [-0.25, -0.2) is 5.43 Å². The van der Waals surface area contributed by atoms with Crippen molar-refractivity contribution in [3.63, 3.8) is 0 Å². The van der Waals surface area contributed by atoms with Crippen molar-refractivity contribution in [1.29, 1.82) is 0 Å². The van der Waals surface area contributed by atoms with Gasteiger partial charge in [0.1, 0.15) is 0 Å². The Balaban J connectivity index is 1.79. The van der Waals surface area contributed by atoms with E-state index in [9.17, 15) is 4.79 Å². The van der Waals surface area contributed by atoms with Crippen LogP contribution in [0.3, 0.4) is 0 Å². The highest BCUT2D eigenvalue weighted by atomic mass is 79.9. The number of hydrogen-bond donors (Lipinski definition) is 1. The summed E-state index contributed by atoms with van der Waals surface area (Å²) in [6.45, 7) is 3.93. The molecule has 23 heavy (non-hydrogen) atoms. The monoisotopic (exact) mass is 390 g/mol. The minimum absolute atomic E-state index is 0.0893. The fourth-order valence-corrected chi connectivity index (χ4v) is 3.34. The van der Waals surface area contributed by atoms with Crippen molar-refractivity contribution in [3.8, 4) is 0 Å². The third kappa shape index (κ3) is 5.84. The lowest BCUT2D eigenvalue weighted by Gasteiger charge is -2.05. The number of benzene rings is 2. The van der Waals surface area contributed by atoms with Crippen molar-refractivity contribution in [1.82, 2.24) is 5.43 Å². The predicted octanol–water partition coefficient (Wildman–Crippen LogP) is 4.53. The van der Waals surface area contributed by atoms with E-state index >= 15 is 0 Å². The Morgan fingerprint density at radius 1 is 1.17 bits per heavy atom. The zero-order valence-corrected chi connectivity index (χ0v) is 15.6. The molecule has 0 bridgehead atoms. The molecule has 0 heterocycles. The van der Waals surface area contributed by atoms with Gasteiger partial charge >= 0.3 is 0 Å². The van der Waals surface area contributed by atoms with Gasteiger partial charge in [-0.2, -0.15) is 5.10 Å². The molecule has 5 heteroatoms. The van der Waals surface area contributed by atoms with Gasteiger partial charge in [-0.05, 0) is 31.0 Å². The number of nitrogens with zero attached hydrogens (tertiary/aromatic N) is 1. The minimum Gasteiger partial charge on any atom is -0.272 e. The Hall–Kier alpha value is -1.59. The van der Waals surface area contributed by atoms with Crippen LogP contribution in [0.25, 0.3) is 0 Å². The molecule has 0 aliphatic rings. The second kappa shape index (κ2) is 8.89. The topological polar surface area (TPSA) is 41.5 Å². The lowest BCUT2D eigenvalue weighted by molar-refractivity contribution is -0.118. The largest absolute Gasteiger partial charge is 0.272 e. The summed E-state index contributed by atoms with van der Waals surface area (Å²) in [6, 6.07) is 16.1. The van der Waals surface area contributed by atoms with Gasteiger partial charge in [0.05, 0.1) is 11.5 Å². The van der Waals surface area contributed by atoms with Gasteiger partial charge in [0.2, 0.25) is 5.91 Å². The van der Waals surface area contributed by atoms with Crippen molar-refractivity contribution < 1.29 is 4.79 Å². The summed E-state index contributed by atoms with van der Waals surface area (Å²) < 4.78 is 1.07. The Bertz CT molecular complexity index is 698. The van der Waals surface area contributed by atoms with Crippen molar-refractivity contribution in [2.24, 2.45) is 5.10 Å². The van der Waals surface area contributed by atoms with E-state index in [-0.39, 0.29) is 5.91 Å². The molecule has 0 radical (unpaired) electrons. The van der Waals surface area contributed by atoms with E-state index < -0.39 is 0 Å². The number of carbonyl (C=O) groups excluding carboxylic acids is 1. The Morgan fingerprint density at radius 2 is 1.87 bits per heavy atom. The van der Waals surface area contributed by atoms with E-state index in [4.69, 9.17) is 0 Å². The molecule has 2 aromatic carbocycles. The molecule has 0 saturated heterocycles. The van der Waals surface area contributed by atoms with E-state index in [2.05, 4.69) is 32.5 Å². The molecule has 0 aliphatic heterocycles. The standard InChI is InChI=1S/C18H19BrN2OS/c1-13-7-9-15(10-8-13)14(2)20-21-18(22)12-23-11-16-5-3-4-6-17(16)19/h3-10H,11-12H2,1-2H3,(H,21,22)/b20-14-. The molecule has 0 saturated carbocycles. The fourth-order valence-electron chi connectivity index (χ4n) is 1.91. The smallest absolute Gasteiger partial charge is 0.250 e. The number of hydrogen-bond acceptors (Lipinski definition) is 3. The summed E-state index contributed by atoms with van der Waals surface area (Å²) in [4.78, 5) is 11.9. The van der Waals surface area contributed by atoms with Crippen LogP contribution in [-0.4, -0.2) is 17.4 Å². The zero-order valence-electron chi connectivity index (χ0n) is 13.2. The molecule has 0 spiro atoms. The average molecular weight is 391 g/mol. The molecule has 0 aliphatic carbocycles. The lowest BCUT2D eigenvalue weighted by atomic mass is 10.1. The molecule has 1 amide bonds. The zero-order chi connectivity index (χ0) is 16.7. The van der Waals surface area contributed by atoms with E-state index in [0.717, 1.165) is 21.5 Å². The van der Waals surface area contributed by atoms with Crippen LogP contribution in [-0.2, 0) is 10.5 Å². The highest BCUT2D eigenvalue weighted by molar-refractivity contribution is 9.10. The first-order valence-corrected chi connectivity index (χ1v) is 9.22. The van der Waals surface area contributed by atoms with Crippen LogP contribution in [0.4, 0.5) is 0 Å². The number of carbonyl (C=O) groups is 1. The van der Waals surface area contributed by atoms with Gasteiger partial charge in [-0.15, -0.1) is 11.8 Å². The highest BCUT2D eigenvalue weighted by Gasteiger charge is 2.04. The van der Waals surface area contributed by atoms with Crippen LogP contribution >= 0.6 is 27.7 Å². The Labute approximate surface area is 149 Å². The van der Waals surface area contributed by atoms with Crippen molar-refractivity contribution in [3.05, 3.63) is 69.7 Å². The third-order valence-corrected chi connectivity index (χ3v) is 5.02. The second-order valence-corrected chi connectivity index (χ2v) is 7.02. The first kappa shape index (κ1) is 17.8. The molecule has 2 rings (SSSR count). The number of halogens is 1. The number of hydrazone groups is 1. The summed E-state index contributed by atoms with van der Waals surface area (Å²) in [5, 5.41) is 4.16. The number of amides is 1. The van der Waals surface area contributed by atoms with Crippen LogP contribution < -0.4 is 5.43 Å². The summed E-state index contributed by atoms with van der Waals surface area (Å²) in [5.74, 6) is 1.08. The summed E-state index contributed by atoms with van der Waals surface area (Å²) >= 11 is 5.08. The minimum atomic E-state index is -0.0893. The van der Waals surface area contributed by atoms with Crippen LogP contribution in [0.1, 0.15) is 23.6 Å². The average Bonchev–Trinajstić information content (AvgIpc) is 2.55. The number of aryl methyl sites for hydroxylation is 1. The van der Waals surface area contributed by atoms with E-state index in [1.165, 1.54) is 11.1 Å². The molecule has 3 nitrogen and oxygen atoms in total. The van der Waals surface area contributed by atoms with Crippen LogP contribution in [0.2, 0.25) is 0 Å². The van der Waals surface area contributed by atoms with E-state index in [0.29, 0.717) is 5.75 Å². The van der Waals surface area contributed by atoms with E-state index in [1.807, 2.05) is 56.3 Å². The molecule has 2 aromatic rings. The number of rotatable bonds is 6. The van der Waals surface area contributed by atoms with Gasteiger partial charge in [-0.3, -0.25) is 4.79 Å². The number of thioether (sulfide) groups is 1. The Kier molecular flexibility index (Phi) is 6.86. The molecule has 0 aromatic heterocycles. The number of nitrogens with one attached hydrogen (secondary N) is 1. The maximum atomic E-state index is 11.9. The molecule has 120 valence electrons. The van der Waals surface area contributed by atoms with Gasteiger partial charge in [0.25, 0.3) is 0 Å². The van der Waals surface area contributed by atoms with Crippen LogP contribution in [0.5, 0.6) is 0 Å². The molecule has 0 unspecified atom stereocenters. The van der Waals surface area contributed by atoms with Crippen molar-refractivity contribution >= 4 is 39.3 Å². The first-order valence-electron chi connectivity index (χ1n) is 7.27. The predicted molar refractivity (Wildman–Crippen MR) is 102 cm³/mol. The van der Waals surface area contributed by atoms with E-state index in [1.54, 1.807) is 11.8 Å². The van der Waals surface area contributed by atoms with Crippen molar-refractivity contribution in [2.75, 3.05) is 5.75 Å². The lowest BCUT2D eigenvalue weighted by Crippen LogP contribution is -2.21. The molecular weight excluding hydrogens is 372 g/mol. The van der Waals surface area contributed by atoms with Crippen LogP contribution in [0.15, 0.2) is 58.1 Å². The quantitative estimate of drug-likeness (QED) is 0.581. The van der Waals surface area contributed by atoms with Crippen molar-refractivity contribution in [2.45, 2.75) is 19.6 Å². The molecule has 1 N–H and O–H groups in total. The highest BCUT2D eigenvalue weighted by Crippen LogP contribution is 2.21. The third-order valence-electron chi connectivity index (χ3n) is 3.27. The fraction of sp³-hybridized carbons (Fsp3) is 0.222. The maximum Gasteiger partial charge on any atom is 0.250 e. The SMILES string of the molecule is C/C(=N/NC(=O)CSCc1ccccc1Br)c1ccc(C)cc1. The van der Waals surface area contributed by atoms with Gasteiger partial charge in [0.15, 0.2) is 0 Å². The normalized spacial score (nSPS) is 11.3. The second-order valence-electron chi connectivity index (χ2n) is 5.18. The Morgan fingerprint density at radius 3 is 2.57 bits per heavy atom. The summed E-state index contributed by atoms with van der Waals surface area (Å²) in [7, 11) is 0. The molecule has 0 atom stereocenters.